The lowest BCUT2D eigenvalue weighted by molar-refractivity contribution is 0.0695. The Labute approximate surface area is 108 Å². The van der Waals surface area contributed by atoms with Crippen molar-refractivity contribution >= 4 is 5.97 Å². The highest BCUT2D eigenvalue weighted by molar-refractivity contribution is 5.89. The number of aliphatic hydroxyl groups excluding tert-OH is 1. The molecule has 0 fully saturated rings. The number of hydrogen-bond acceptors (Lipinski definition) is 3. The Morgan fingerprint density at radius 2 is 2.00 bits per heavy atom. The zero-order valence-corrected chi connectivity index (χ0v) is 11.0. The molecule has 18 heavy (non-hydrogen) atoms. The lowest BCUT2D eigenvalue weighted by Crippen LogP contribution is -2.25. The number of likely N-dealkylation sites (N-methyl/N-ethyl adjacent to an activating group) is 1. The van der Waals surface area contributed by atoms with Crippen LogP contribution < -0.4 is 0 Å². The fourth-order valence-corrected chi connectivity index (χ4v) is 1.99. The van der Waals surface area contributed by atoms with Crippen LogP contribution in [0.1, 0.15) is 28.8 Å². The van der Waals surface area contributed by atoms with Crippen LogP contribution in [0, 0.1) is 0 Å². The van der Waals surface area contributed by atoms with Gasteiger partial charge in [-0.05, 0) is 45.0 Å². The second-order valence-electron chi connectivity index (χ2n) is 4.77. The number of hydrogen-bond donors (Lipinski definition) is 2. The second kappa shape index (κ2) is 7.13. The molecule has 4 heteroatoms. The third kappa shape index (κ3) is 4.85. The van der Waals surface area contributed by atoms with E-state index in [9.17, 15) is 9.90 Å². The average Bonchev–Trinajstić information content (AvgIpc) is 2.28. The van der Waals surface area contributed by atoms with E-state index >= 15 is 0 Å². The smallest absolute Gasteiger partial charge is 0.335 e. The highest BCUT2D eigenvalue weighted by Crippen LogP contribution is 2.13. The minimum atomic E-state index is -0.889. The van der Waals surface area contributed by atoms with E-state index in [1.807, 2.05) is 31.1 Å². The molecule has 2 N–H and O–H groups in total. The molecule has 0 saturated carbocycles. The van der Waals surface area contributed by atoms with Crippen LogP contribution in [0.5, 0.6) is 0 Å². The Morgan fingerprint density at radius 3 is 2.61 bits per heavy atom. The van der Waals surface area contributed by atoms with Crippen LogP contribution in [0.15, 0.2) is 24.3 Å². The van der Waals surface area contributed by atoms with Crippen LogP contribution in [0.4, 0.5) is 0 Å². The number of carbonyl (C=O) groups is 1. The first kappa shape index (κ1) is 14.7. The zero-order chi connectivity index (χ0) is 13.5. The van der Waals surface area contributed by atoms with E-state index in [-0.39, 0.29) is 6.10 Å². The van der Waals surface area contributed by atoms with Crippen LogP contribution in [0.3, 0.4) is 0 Å². The van der Waals surface area contributed by atoms with Crippen LogP contribution >= 0.6 is 0 Å². The van der Waals surface area contributed by atoms with Gasteiger partial charge in [0.25, 0.3) is 0 Å². The molecular weight excluding hydrogens is 230 g/mol. The van der Waals surface area contributed by atoms with Crippen LogP contribution in [0.2, 0.25) is 0 Å². The zero-order valence-electron chi connectivity index (χ0n) is 11.0. The molecule has 1 aromatic rings. The summed E-state index contributed by atoms with van der Waals surface area (Å²) in [7, 11) is 3.84. The molecule has 100 valence electrons. The van der Waals surface area contributed by atoms with E-state index in [2.05, 4.69) is 0 Å². The maximum atomic E-state index is 11.0. The van der Waals surface area contributed by atoms with Gasteiger partial charge in [0.05, 0.1) is 11.7 Å². The highest BCUT2D eigenvalue weighted by atomic mass is 16.4. The predicted octanol–water partition coefficient (Wildman–Crippen LogP) is 1.63. The Hall–Kier alpha value is -1.39. The standard InChI is InChI=1S/C14H21NO3/c1-15(2)10-12(16)8-5-7-11-6-3-4-9-13(11)14(17)18/h3-4,6,9,12,16H,5,7-8,10H2,1-2H3,(H,17,18). The fourth-order valence-electron chi connectivity index (χ4n) is 1.99. The Bertz CT molecular complexity index is 390. The van der Waals surface area contributed by atoms with Gasteiger partial charge in [0.15, 0.2) is 0 Å². The van der Waals surface area contributed by atoms with E-state index < -0.39 is 5.97 Å². The summed E-state index contributed by atoms with van der Waals surface area (Å²) < 4.78 is 0. The van der Waals surface area contributed by atoms with Gasteiger partial charge in [-0.1, -0.05) is 18.2 Å². The molecule has 0 radical (unpaired) electrons. The molecular formula is C14H21NO3. The van der Waals surface area contributed by atoms with Gasteiger partial charge in [-0.2, -0.15) is 0 Å². The quantitative estimate of drug-likeness (QED) is 0.773. The normalized spacial score (nSPS) is 12.7. The monoisotopic (exact) mass is 251 g/mol. The Morgan fingerprint density at radius 1 is 1.33 bits per heavy atom. The summed E-state index contributed by atoms with van der Waals surface area (Å²) in [6, 6.07) is 7.03. The van der Waals surface area contributed by atoms with Gasteiger partial charge in [0, 0.05) is 6.54 Å². The summed E-state index contributed by atoms with van der Waals surface area (Å²) in [6.45, 7) is 0.639. The SMILES string of the molecule is CN(C)CC(O)CCCc1ccccc1C(=O)O. The summed E-state index contributed by atoms with van der Waals surface area (Å²) in [5, 5.41) is 18.8. The number of nitrogens with zero attached hydrogens (tertiary/aromatic N) is 1. The van der Waals surface area contributed by atoms with Crippen molar-refractivity contribution in [3.8, 4) is 0 Å². The summed E-state index contributed by atoms with van der Waals surface area (Å²) in [5.74, 6) is -0.889. The molecule has 0 aromatic heterocycles. The number of aromatic carboxylic acids is 1. The minimum Gasteiger partial charge on any atom is -0.478 e. The third-order valence-electron chi connectivity index (χ3n) is 2.81. The molecule has 1 aromatic carbocycles. The lowest BCUT2D eigenvalue weighted by atomic mass is 10.0. The number of benzene rings is 1. The fraction of sp³-hybridized carbons (Fsp3) is 0.500. The van der Waals surface area contributed by atoms with Crippen molar-refractivity contribution in [3.05, 3.63) is 35.4 Å². The van der Waals surface area contributed by atoms with Crippen molar-refractivity contribution in [2.45, 2.75) is 25.4 Å². The summed E-state index contributed by atoms with van der Waals surface area (Å²) in [5.41, 5.74) is 1.20. The van der Waals surface area contributed by atoms with Crippen LogP contribution in [-0.4, -0.2) is 47.8 Å². The first-order chi connectivity index (χ1) is 8.50. The van der Waals surface area contributed by atoms with Gasteiger partial charge in [0.2, 0.25) is 0 Å². The number of aliphatic hydroxyl groups is 1. The molecule has 0 bridgehead atoms. The first-order valence-electron chi connectivity index (χ1n) is 6.14. The van der Waals surface area contributed by atoms with Gasteiger partial charge in [-0.15, -0.1) is 0 Å². The van der Waals surface area contributed by atoms with Gasteiger partial charge in [-0.3, -0.25) is 0 Å². The topological polar surface area (TPSA) is 60.8 Å². The van der Waals surface area contributed by atoms with E-state index in [4.69, 9.17) is 5.11 Å². The molecule has 0 heterocycles. The lowest BCUT2D eigenvalue weighted by Gasteiger charge is -2.15. The summed E-state index contributed by atoms with van der Waals surface area (Å²) >= 11 is 0. The maximum Gasteiger partial charge on any atom is 0.335 e. The maximum absolute atomic E-state index is 11.0. The average molecular weight is 251 g/mol. The van der Waals surface area contributed by atoms with Crippen molar-refractivity contribution in [1.82, 2.24) is 4.90 Å². The van der Waals surface area contributed by atoms with Gasteiger partial charge in [0.1, 0.15) is 0 Å². The van der Waals surface area contributed by atoms with Crippen molar-refractivity contribution in [2.24, 2.45) is 0 Å². The number of carboxylic acid groups (broad SMARTS) is 1. The van der Waals surface area contributed by atoms with E-state index in [1.54, 1.807) is 12.1 Å². The molecule has 0 aliphatic heterocycles. The highest BCUT2D eigenvalue weighted by Gasteiger charge is 2.10. The van der Waals surface area contributed by atoms with Gasteiger partial charge < -0.3 is 15.1 Å². The Kier molecular flexibility index (Phi) is 5.82. The number of carboxylic acids is 1. The molecule has 0 aliphatic rings. The first-order valence-corrected chi connectivity index (χ1v) is 6.14. The van der Waals surface area contributed by atoms with Crippen molar-refractivity contribution < 1.29 is 15.0 Å². The molecule has 1 atom stereocenters. The van der Waals surface area contributed by atoms with Gasteiger partial charge in [-0.25, -0.2) is 4.79 Å². The largest absolute Gasteiger partial charge is 0.478 e. The van der Waals surface area contributed by atoms with E-state index in [0.29, 0.717) is 24.9 Å². The van der Waals surface area contributed by atoms with E-state index in [1.165, 1.54) is 0 Å². The molecule has 0 saturated heterocycles. The van der Waals surface area contributed by atoms with Crippen LogP contribution in [-0.2, 0) is 6.42 Å². The summed E-state index contributed by atoms with van der Waals surface area (Å²) in [6.07, 6.45) is 1.82. The Balaban J connectivity index is 2.46. The molecule has 0 aliphatic carbocycles. The summed E-state index contributed by atoms with van der Waals surface area (Å²) in [4.78, 5) is 12.9. The molecule has 1 unspecified atom stereocenters. The third-order valence-corrected chi connectivity index (χ3v) is 2.81. The predicted molar refractivity (Wildman–Crippen MR) is 70.9 cm³/mol. The molecule has 1 rings (SSSR count). The number of rotatable bonds is 7. The van der Waals surface area contributed by atoms with Crippen molar-refractivity contribution in [2.75, 3.05) is 20.6 Å². The molecule has 4 nitrogen and oxygen atoms in total. The molecule has 0 amide bonds. The molecule has 0 spiro atoms. The van der Waals surface area contributed by atoms with Crippen molar-refractivity contribution in [3.63, 3.8) is 0 Å². The van der Waals surface area contributed by atoms with E-state index in [0.717, 1.165) is 12.0 Å². The van der Waals surface area contributed by atoms with Gasteiger partial charge >= 0.3 is 5.97 Å². The second-order valence-corrected chi connectivity index (χ2v) is 4.77. The minimum absolute atomic E-state index is 0.350. The van der Waals surface area contributed by atoms with Crippen molar-refractivity contribution in [1.29, 1.82) is 0 Å². The van der Waals surface area contributed by atoms with Crippen LogP contribution in [0.25, 0.3) is 0 Å². The number of aryl methyl sites for hydroxylation is 1.